The predicted molar refractivity (Wildman–Crippen MR) is 107 cm³/mol. The van der Waals surface area contributed by atoms with Crippen LogP contribution in [-0.4, -0.2) is 29.7 Å². The summed E-state index contributed by atoms with van der Waals surface area (Å²) < 4.78 is 10.5. The van der Waals surface area contributed by atoms with Crippen LogP contribution in [0.15, 0.2) is 74.8 Å². The zero-order chi connectivity index (χ0) is 19.2. The van der Waals surface area contributed by atoms with Gasteiger partial charge in [-0.25, -0.2) is 9.59 Å². The second-order valence-electron chi connectivity index (χ2n) is 5.82. The van der Waals surface area contributed by atoms with Gasteiger partial charge < -0.3 is 14.3 Å². The van der Waals surface area contributed by atoms with Crippen molar-refractivity contribution in [2.45, 2.75) is 4.90 Å². The van der Waals surface area contributed by atoms with E-state index >= 15 is 0 Å². The molecule has 0 aliphatic heterocycles. The molecule has 5 nitrogen and oxygen atoms in total. The normalized spacial score (nSPS) is 12.3. The lowest BCUT2D eigenvalue weighted by molar-refractivity contribution is -0.137. The maximum absolute atomic E-state index is 12.2. The van der Waals surface area contributed by atoms with Gasteiger partial charge in [-0.2, -0.15) is 0 Å². The van der Waals surface area contributed by atoms with Gasteiger partial charge in [0, 0.05) is 17.0 Å². The van der Waals surface area contributed by atoms with Crippen molar-refractivity contribution in [3.63, 3.8) is 0 Å². The highest BCUT2D eigenvalue weighted by molar-refractivity contribution is 7.96. The van der Waals surface area contributed by atoms with E-state index in [1.54, 1.807) is 30.3 Å². The third kappa shape index (κ3) is 4.60. The molecule has 0 spiro atoms. The molecule has 0 fully saturated rings. The molecule has 0 bridgehead atoms. The molecule has 6 heteroatoms. The van der Waals surface area contributed by atoms with Crippen LogP contribution in [0.4, 0.5) is 0 Å². The van der Waals surface area contributed by atoms with E-state index in [1.807, 2.05) is 36.6 Å². The topological polar surface area (TPSA) is 76.7 Å². The van der Waals surface area contributed by atoms with Crippen LogP contribution in [0.5, 0.6) is 5.75 Å². The van der Waals surface area contributed by atoms with Crippen molar-refractivity contribution in [1.82, 2.24) is 0 Å². The molecule has 138 valence electrons. The lowest BCUT2D eigenvalue weighted by Gasteiger charge is -2.06. The number of rotatable bonds is 6. The molecule has 1 aromatic heterocycles. The number of esters is 1. The maximum atomic E-state index is 12.2. The van der Waals surface area contributed by atoms with Crippen molar-refractivity contribution < 1.29 is 19.1 Å². The zero-order valence-electron chi connectivity index (χ0n) is 14.8. The molecule has 0 saturated carbocycles. The summed E-state index contributed by atoms with van der Waals surface area (Å²) in [5.74, 6) is -0.102. The Balaban J connectivity index is 1.62. The first kappa shape index (κ1) is 18.8. The van der Waals surface area contributed by atoms with Gasteiger partial charge in [0.25, 0.3) is 4.90 Å². The van der Waals surface area contributed by atoms with Gasteiger partial charge in [0.2, 0.25) is 0 Å². The molecule has 1 atom stereocenters. The van der Waals surface area contributed by atoms with Gasteiger partial charge >= 0.3 is 11.6 Å². The largest absolute Gasteiger partial charge is 0.503 e. The summed E-state index contributed by atoms with van der Waals surface area (Å²) in [5.41, 5.74) is 0.689. The van der Waals surface area contributed by atoms with Crippen molar-refractivity contribution in [3.8, 4) is 5.75 Å². The molecule has 1 unspecified atom stereocenters. The maximum Gasteiger partial charge on any atom is 0.396 e. The Morgan fingerprint density at radius 3 is 2.63 bits per heavy atom. The van der Waals surface area contributed by atoms with Crippen molar-refractivity contribution in [1.29, 1.82) is 0 Å². The number of carbonyl (C=O) groups excluding carboxylic acids is 1. The molecule has 1 heterocycles. The summed E-state index contributed by atoms with van der Waals surface area (Å²) in [5, 5.41) is 10.9. The highest BCUT2D eigenvalue weighted by Crippen LogP contribution is 2.29. The number of carbonyl (C=O) groups is 1. The van der Waals surface area contributed by atoms with Gasteiger partial charge in [0.15, 0.2) is 5.75 Å². The Labute approximate surface area is 159 Å². The molecule has 1 N–H and O–H groups in total. The quantitative estimate of drug-likeness (QED) is 0.306. The number of ether oxygens (including phenoxy) is 1. The number of aromatic hydroxyl groups is 1. The molecule has 27 heavy (non-hydrogen) atoms. The number of hydrogen-bond donors (Lipinski definition) is 1. The van der Waals surface area contributed by atoms with Crippen LogP contribution in [0.25, 0.3) is 17.0 Å². The first-order chi connectivity index (χ1) is 13.1. The van der Waals surface area contributed by atoms with E-state index in [9.17, 15) is 14.7 Å². The summed E-state index contributed by atoms with van der Waals surface area (Å²) in [6.07, 6.45) is 4.86. The fraction of sp³-hybridized carbons (Fsp3) is 0.143. The monoisotopic (exact) mass is 383 g/mol. The SMILES string of the molecule is C[S+](CCOC(=O)/C=C/c1ccccc1)c1c(O)c2ccccc2oc1=O. The van der Waals surface area contributed by atoms with Gasteiger partial charge in [-0.15, -0.1) is 0 Å². The van der Waals surface area contributed by atoms with Crippen LogP contribution < -0.4 is 5.63 Å². The average Bonchev–Trinajstić information content (AvgIpc) is 2.67. The zero-order valence-corrected chi connectivity index (χ0v) is 15.6. The van der Waals surface area contributed by atoms with Crippen molar-refractivity contribution in [2.24, 2.45) is 0 Å². The fourth-order valence-electron chi connectivity index (χ4n) is 2.57. The minimum atomic E-state index is -0.626. The van der Waals surface area contributed by atoms with Gasteiger partial charge in [-0.1, -0.05) is 42.5 Å². The van der Waals surface area contributed by atoms with E-state index in [-0.39, 0.29) is 17.3 Å². The Morgan fingerprint density at radius 1 is 1.15 bits per heavy atom. The smallest absolute Gasteiger partial charge is 0.396 e. The molecule has 0 amide bonds. The minimum Gasteiger partial charge on any atom is -0.503 e. The van der Waals surface area contributed by atoms with Crippen LogP contribution in [-0.2, 0) is 20.4 Å². The summed E-state index contributed by atoms with van der Waals surface area (Å²) in [7, 11) is -0.626. The van der Waals surface area contributed by atoms with E-state index in [1.165, 1.54) is 6.08 Å². The number of benzene rings is 2. The fourth-order valence-corrected chi connectivity index (χ4v) is 3.87. The number of fused-ring (bicyclic) bond motifs is 1. The van der Waals surface area contributed by atoms with Crippen LogP contribution in [0.3, 0.4) is 0 Å². The molecule has 0 aliphatic rings. The summed E-state index contributed by atoms with van der Waals surface area (Å²) in [4.78, 5) is 24.2. The van der Waals surface area contributed by atoms with E-state index < -0.39 is 22.5 Å². The summed E-state index contributed by atoms with van der Waals surface area (Å²) in [6.45, 7) is 0.142. The number of hydrogen-bond acceptors (Lipinski definition) is 5. The highest BCUT2D eigenvalue weighted by atomic mass is 32.2. The molecule has 0 radical (unpaired) electrons. The minimum absolute atomic E-state index is 0.0667. The predicted octanol–water partition coefficient (Wildman–Crippen LogP) is 3.36. The Kier molecular flexibility index (Phi) is 5.98. The van der Waals surface area contributed by atoms with Crippen molar-refractivity contribution in [3.05, 3.63) is 76.7 Å². The van der Waals surface area contributed by atoms with Gasteiger partial charge in [0.05, 0.1) is 5.39 Å². The van der Waals surface area contributed by atoms with Crippen LogP contribution >= 0.6 is 0 Å². The third-order valence-corrected chi connectivity index (χ3v) is 5.78. The van der Waals surface area contributed by atoms with Crippen molar-refractivity contribution >= 4 is 33.9 Å². The van der Waals surface area contributed by atoms with E-state index in [2.05, 4.69) is 0 Å². The second-order valence-corrected chi connectivity index (χ2v) is 7.91. The van der Waals surface area contributed by atoms with Crippen LogP contribution in [0, 0.1) is 0 Å². The lowest BCUT2D eigenvalue weighted by Crippen LogP contribution is -2.20. The van der Waals surface area contributed by atoms with Gasteiger partial charge in [0.1, 0.15) is 24.2 Å². The third-order valence-electron chi connectivity index (χ3n) is 3.94. The van der Waals surface area contributed by atoms with Gasteiger partial charge in [-0.05, 0) is 23.8 Å². The molecule has 2 aromatic carbocycles. The Bertz CT molecular complexity index is 1020. The van der Waals surface area contributed by atoms with E-state index in [4.69, 9.17) is 9.15 Å². The Morgan fingerprint density at radius 2 is 1.85 bits per heavy atom. The van der Waals surface area contributed by atoms with Crippen molar-refractivity contribution in [2.75, 3.05) is 18.6 Å². The summed E-state index contributed by atoms with van der Waals surface area (Å²) >= 11 is 0. The average molecular weight is 383 g/mol. The summed E-state index contributed by atoms with van der Waals surface area (Å²) in [6, 6.07) is 16.3. The molecule has 3 aromatic rings. The van der Waals surface area contributed by atoms with E-state index in [0.29, 0.717) is 16.7 Å². The van der Waals surface area contributed by atoms with Gasteiger partial charge in [-0.3, -0.25) is 0 Å². The second kappa shape index (κ2) is 8.60. The molecule has 0 saturated heterocycles. The van der Waals surface area contributed by atoms with Crippen LogP contribution in [0.1, 0.15) is 5.56 Å². The molecule has 3 rings (SSSR count). The molecular formula is C21H19O5S+. The standard InChI is InChI=1S/C21H18O5S/c1-27(14-13-25-18(22)12-11-15-7-3-2-4-8-15)20-19(23)16-9-5-6-10-17(16)26-21(20)24/h2-12H,13-14H2,1H3/p+1/b12-11+. The Hall–Kier alpha value is -2.99. The highest BCUT2D eigenvalue weighted by Gasteiger charge is 2.28. The first-order valence-electron chi connectivity index (χ1n) is 8.33. The number of para-hydroxylation sites is 1. The van der Waals surface area contributed by atoms with E-state index in [0.717, 1.165) is 5.56 Å². The van der Waals surface area contributed by atoms with Crippen LogP contribution in [0.2, 0.25) is 0 Å². The molecular weight excluding hydrogens is 364 g/mol. The first-order valence-corrected chi connectivity index (χ1v) is 10.1. The lowest BCUT2D eigenvalue weighted by atomic mass is 10.2. The molecule has 0 aliphatic carbocycles.